The van der Waals surface area contributed by atoms with Gasteiger partial charge in [-0.2, -0.15) is 0 Å². The van der Waals surface area contributed by atoms with Gasteiger partial charge in [0.25, 0.3) is 0 Å². The SMILES string of the molecule is CNC(=O)CC(C)OCC(C)(C)NC(=O)OCC1C2(O)CCc3nnn(C(C)(C)CCO)c3CCC12O. The maximum absolute atomic E-state index is 12.5. The Hall–Kier alpha value is -2.28. The number of aliphatic hydroxyl groups excluding tert-OH is 1. The maximum atomic E-state index is 12.5. The molecule has 4 atom stereocenters. The number of carbonyl (C=O) groups excluding carboxylic acids is 2. The van der Waals surface area contributed by atoms with Crippen molar-refractivity contribution in [1.82, 2.24) is 25.6 Å². The summed E-state index contributed by atoms with van der Waals surface area (Å²) in [6.07, 6.45) is 1.17. The maximum Gasteiger partial charge on any atom is 0.407 e. The number of nitrogens with zero attached hydrogens (tertiary/aromatic N) is 3. The van der Waals surface area contributed by atoms with Gasteiger partial charge in [-0.3, -0.25) is 4.79 Å². The number of hydrogen-bond acceptors (Lipinski definition) is 9. The predicted octanol–water partition coefficient (Wildman–Crippen LogP) is 0.412. The lowest BCUT2D eigenvalue weighted by Crippen LogP contribution is -2.48. The molecule has 0 radical (unpaired) electrons. The van der Waals surface area contributed by atoms with E-state index in [4.69, 9.17) is 9.47 Å². The number of amides is 2. The Morgan fingerprint density at radius 3 is 2.46 bits per heavy atom. The van der Waals surface area contributed by atoms with Crippen LogP contribution in [0, 0.1) is 5.92 Å². The van der Waals surface area contributed by atoms with Crippen LogP contribution in [0.15, 0.2) is 0 Å². The van der Waals surface area contributed by atoms with Crippen molar-refractivity contribution in [3.05, 3.63) is 11.4 Å². The summed E-state index contributed by atoms with van der Waals surface area (Å²) in [4.78, 5) is 24.0. The van der Waals surface area contributed by atoms with E-state index in [9.17, 15) is 24.9 Å². The lowest BCUT2D eigenvalue weighted by Gasteiger charge is -2.27. The molecule has 5 N–H and O–H groups in total. The van der Waals surface area contributed by atoms with Gasteiger partial charge in [0.15, 0.2) is 0 Å². The zero-order valence-electron chi connectivity index (χ0n) is 22.8. The van der Waals surface area contributed by atoms with Gasteiger partial charge in [0, 0.05) is 13.7 Å². The number of alkyl carbamates (subject to hydrolysis) is 1. The van der Waals surface area contributed by atoms with Crippen LogP contribution in [0.2, 0.25) is 0 Å². The number of rotatable bonds is 11. The summed E-state index contributed by atoms with van der Waals surface area (Å²) in [5, 5.41) is 45.9. The highest BCUT2D eigenvalue weighted by Gasteiger charge is 2.75. The van der Waals surface area contributed by atoms with Crippen molar-refractivity contribution >= 4 is 12.0 Å². The number of hydrogen-bond donors (Lipinski definition) is 5. The van der Waals surface area contributed by atoms with Gasteiger partial charge in [-0.15, -0.1) is 5.10 Å². The Morgan fingerprint density at radius 2 is 1.84 bits per heavy atom. The lowest BCUT2D eigenvalue weighted by molar-refractivity contribution is -0.123. The second kappa shape index (κ2) is 10.8. The molecule has 4 unspecified atom stereocenters. The second-order valence-corrected chi connectivity index (χ2v) is 11.7. The van der Waals surface area contributed by atoms with E-state index in [1.165, 1.54) is 0 Å². The molecule has 2 aliphatic rings. The fraction of sp³-hybridized carbons (Fsp3) is 0.840. The molecule has 2 aliphatic carbocycles. The highest BCUT2D eigenvalue weighted by atomic mass is 16.6. The number of carbonyl (C=O) groups is 2. The highest BCUT2D eigenvalue weighted by Crippen LogP contribution is 2.60. The summed E-state index contributed by atoms with van der Waals surface area (Å²) < 4.78 is 12.9. The van der Waals surface area contributed by atoms with E-state index >= 15 is 0 Å². The van der Waals surface area contributed by atoms with Crippen molar-refractivity contribution in [3.63, 3.8) is 0 Å². The zero-order chi connectivity index (χ0) is 27.6. The van der Waals surface area contributed by atoms with Crippen LogP contribution in [0.5, 0.6) is 0 Å². The molecule has 1 heterocycles. The van der Waals surface area contributed by atoms with Crippen LogP contribution in [0.25, 0.3) is 0 Å². The van der Waals surface area contributed by atoms with Crippen LogP contribution in [-0.2, 0) is 32.6 Å². The van der Waals surface area contributed by atoms with Crippen molar-refractivity contribution in [3.8, 4) is 0 Å². The summed E-state index contributed by atoms with van der Waals surface area (Å²) in [6.45, 7) is 9.35. The number of ether oxygens (including phenoxy) is 2. The minimum absolute atomic E-state index is 0.0186. The highest BCUT2D eigenvalue weighted by molar-refractivity contribution is 5.75. The summed E-state index contributed by atoms with van der Waals surface area (Å²) in [5.74, 6) is -0.746. The second-order valence-electron chi connectivity index (χ2n) is 11.7. The lowest BCUT2D eigenvalue weighted by atomic mass is 9.94. The Balaban J connectivity index is 1.55. The Morgan fingerprint density at radius 1 is 1.19 bits per heavy atom. The van der Waals surface area contributed by atoms with Gasteiger partial charge in [-0.25, -0.2) is 9.48 Å². The fourth-order valence-corrected chi connectivity index (χ4v) is 5.25. The van der Waals surface area contributed by atoms with E-state index in [2.05, 4.69) is 20.9 Å². The average Bonchev–Trinajstić information content (AvgIpc) is 3.08. The van der Waals surface area contributed by atoms with Crippen molar-refractivity contribution in [2.75, 3.05) is 26.9 Å². The van der Waals surface area contributed by atoms with Crippen molar-refractivity contribution < 1.29 is 34.4 Å². The van der Waals surface area contributed by atoms with Gasteiger partial charge in [0.2, 0.25) is 5.91 Å². The third-order valence-corrected chi connectivity index (χ3v) is 7.75. The molecule has 37 heavy (non-hydrogen) atoms. The molecule has 12 nitrogen and oxygen atoms in total. The fourth-order valence-electron chi connectivity index (χ4n) is 5.25. The number of aliphatic hydroxyl groups is 3. The van der Waals surface area contributed by atoms with Crippen molar-refractivity contribution in [2.24, 2.45) is 5.92 Å². The van der Waals surface area contributed by atoms with Crippen LogP contribution in [0.3, 0.4) is 0 Å². The normalized spacial score (nSPS) is 26.2. The largest absolute Gasteiger partial charge is 0.449 e. The van der Waals surface area contributed by atoms with E-state index in [-0.39, 0.29) is 51.1 Å². The first-order valence-electron chi connectivity index (χ1n) is 13.0. The summed E-state index contributed by atoms with van der Waals surface area (Å²) in [6, 6.07) is 0. The van der Waals surface area contributed by atoms with E-state index in [0.29, 0.717) is 19.3 Å². The van der Waals surface area contributed by atoms with Gasteiger partial charge in [-0.1, -0.05) is 5.21 Å². The van der Waals surface area contributed by atoms with Crippen molar-refractivity contribution in [2.45, 2.75) is 102 Å². The third kappa shape index (κ3) is 6.24. The van der Waals surface area contributed by atoms with Crippen molar-refractivity contribution in [1.29, 1.82) is 0 Å². The molecule has 0 aromatic carbocycles. The Bertz CT molecular complexity index is 981. The average molecular weight is 526 g/mol. The smallest absolute Gasteiger partial charge is 0.407 e. The van der Waals surface area contributed by atoms with Gasteiger partial charge in [0.05, 0.1) is 47.5 Å². The quantitative estimate of drug-likeness (QED) is 0.275. The first-order chi connectivity index (χ1) is 17.2. The molecular formula is C25H43N5O7. The number of aromatic nitrogens is 3. The Kier molecular flexibility index (Phi) is 8.57. The van der Waals surface area contributed by atoms with Crippen LogP contribution in [-0.4, -0.2) is 92.0 Å². The van der Waals surface area contributed by atoms with Gasteiger partial charge >= 0.3 is 6.09 Å². The van der Waals surface area contributed by atoms with Gasteiger partial charge < -0.3 is 35.4 Å². The molecule has 1 fully saturated rings. The van der Waals surface area contributed by atoms with E-state index < -0.39 is 34.3 Å². The molecule has 0 bridgehead atoms. The molecule has 3 rings (SSSR count). The monoisotopic (exact) mass is 525 g/mol. The van der Waals surface area contributed by atoms with Crippen LogP contribution >= 0.6 is 0 Å². The standard InChI is InChI=1S/C25H43N5O7/c1-16(13-20(32)26-6)37-15-22(2,3)27-21(33)36-14-19-24(34)9-7-17-18(8-10-25(19,24)35)30(29-28-17)23(4,5)11-12-31/h16,19,31,34-35H,7-15H2,1-6H3,(H,26,32)(H,27,33). The topological polar surface area (TPSA) is 168 Å². The molecule has 1 aromatic heterocycles. The molecule has 210 valence electrons. The summed E-state index contributed by atoms with van der Waals surface area (Å²) in [5.41, 5.74) is -2.27. The molecule has 0 aliphatic heterocycles. The first-order valence-corrected chi connectivity index (χ1v) is 13.0. The molecule has 2 amide bonds. The van der Waals surface area contributed by atoms with E-state index in [1.807, 2.05) is 18.5 Å². The summed E-state index contributed by atoms with van der Waals surface area (Å²) in [7, 11) is 1.56. The van der Waals surface area contributed by atoms with Crippen LogP contribution in [0.4, 0.5) is 4.79 Å². The summed E-state index contributed by atoms with van der Waals surface area (Å²) >= 11 is 0. The van der Waals surface area contributed by atoms with Crippen LogP contribution in [0.1, 0.15) is 71.7 Å². The number of aryl methyl sites for hydroxylation is 1. The third-order valence-electron chi connectivity index (χ3n) is 7.75. The predicted molar refractivity (Wildman–Crippen MR) is 134 cm³/mol. The minimum Gasteiger partial charge on any atom is -0.449 e. The van der Waals surface area contributed by atoms with Gasteiger partial charge in [-0.05, 0) is 66.7 Å². The first kappa shape index (κ1) is 29.3. The molecular weight excluding hydrogens is 482 g/mol. The van der Waals surface area contributed by atoms with E-state index in [0.717, 1.165) is 11.4 Å². The number of nitrogens with one attached hydrogen (secondary N) is 2. The number of fused-ring (bicyclic) bond motifs is 2. The molecule has 12 heteroatoms. The minimum atomic E-state index is -1.38. The zero-order valence-corrected chi connectivity index (χ0v) is 22.8. The molecule has 1 saturated carbocycles. The van der Waals surface area contributed by atoms with E-state index in [1.54, 1.807) is 27.8 Å². The molecule has 0 spiro atoms. The molecule has 0 saturated heterocycles. The molecule has 1 aromatic rings. The Labute approximate surface area is 218 Å². The van der Waals surface area contributed by atoms with Gasteiger partial charge in [0.1, 0.15) is 17.8 Å². The van der Waals surface area contributed by atoms with Crippen LogP contribution < -0.4 is 10.6 Å².